The molecule has 136 valence electrons. The molecule has 0 unspecified atom stereocenters. The Balaban J connectivity index is 1.64. The number of carbonyl (C=O) groups is 1. The van der Waals surface area contributed by atoms with Crippen LogP contribution in [0.4, 0.5) is 0 Å². The number of nitrogens with one attached hydrogen (secondary N) is 1. The van der Waals surface area contributed by atoms with Crippen molar-refractivity contribution in [2.45, 2.75) is 13.1 Å². The Labute approximate surface area is 160 Å². The first kappa shape index (κ1) is 17.4. The number of nitrogens with zero attached hydrogens (tertiary/aromatic N) is 4. The minimum atomic E-state index is -0.376. The highest BCUT2D eigenvalue weighted by Crippen LogP contribution is 2.13. The van der Waals surface area contributed by atoms with Crippen molar-refractivity contribution >= 4 is 27.7 Å². The van der Waals surface area contributed by atoms with Gasteiger partial charge in [-0.15, -0.1) is 6.42 Å². The van der Waals surface area contributed by atoms with Crippen LogP contribution in [0.3, 0.4) is 0 Å². The lowest BCUT2D eigenvalue weighted by Crippen LogP contribution is -2.29. The van der Waals surface area contributed by atoms with Crippen LogP contribution < -0.4 is 10.9 Å². The molecule has 1 amide bonds. The highest BCUT2D eigenvalue weighted by molar-refractivity contribution is 5.94. The fourth-order valence-corrected chi connectivity index (χ4v) is 2.95. The van der Waals surface area contributed by atoms with E-state index in [0.717, 1.165) is 0 Å². The molecular formula is C21H15N5O2. The molecule has 4 aromatic rings. The molecule has 0 saturated heterocycles. The summed E-state index contributed by atoms with van der Waals surface area (Å²) in [6, 6.07) is 14.4. The van der Waals surface area contributed by atoms with E-state index in [0.29, 0.717) is 27.5 Å². The molecule has 1 N–H and O–H groups in total. The molecule has 7 nitrogen and oxygen atoms in total. The number of hydrogen-bond donors (Lipinski definition) is 1. The lowest BCUT2D eigenvalue weighted by molar-refractivity contribution is 0.0945. The molecule has 7 heteroatoms. The Morgan fingerprint density at radius 2 is 1.79 bits per heavy atom. The number of carbonyl (C=O) groups excluding carboxylic acids is 1. The first-order chi connectivity index (χ1) is 13.7. The number of fused-ring (bicyclic) bond motifs is 2. The maximum absolute atomic E-state index is 12.5. The van der Waals surface area contributed by atoms with Crippen LogP contribution >= 0.6 is 0 Å². The van der Waals surface area contributed by atoms with Crippen LogP contribution in [0.2, 0.25) is 0 Å². The zero-order valence-corrected chi connectivity index (χ0v) is 14.8. The molecule has 2 heterocycles. The normalized spacial score (nSPS) is 10.7. The van der Waals surface area contributed by atoms with Crippen molar-refractivity contribution in [3.63, 3.8) is 0 Å². The molecule has 0 spiro atoms. The van der Waals surface area contributed by atoms with Gasteiger partial charge < -0.3 is 5.32 Å². The molecule has 0 radical (unpaired) electrons. The number of terminal acetylenes is 1. The number of benzene rings is 2. The Kier molecular flexibility index (Phi) is 4.52. The second-order valence-corrected chi connectivity index (χ2v) is 6.09. The summed E-state index contributed by atoms with van der Waals surface area (Å²) in [5.41, 5.74) is 1.85. The van der Waals surface area contributed by atoms with Crippen LogP contribution in [-0.2, 0) is 13.1 Å². The Bertz CT molecular complexity index is 1300. The standard InChI is InChI=1S/C21H15N5O2/c1-2-11-26-21(28)15-8-4-3-7-14(15)18(25-26)12-23-20(27)19-13-22-16-9-5-6-10-17(16)24-19/h1,3-10,13H,11-12H2,(H,23,27). The molecule has 0 bridgehead atoms. The minimum absolute atomic E-state index is 0.0563. The molecule has 28 heavy (non-hydrogen) atoms. The van der Waals surface area contributed by atoms with Gasteiger partial charge in [-0.25, -0.2) is 9.67 Å². The van der Waals surface area contributed by atoms with E-state index >= 15 is 0 Å². The van der Waals surface area contributed by atoms with Crippen molar-refractivity contribution < 1.29 is 4.79 Å². The van der Waals surface area contributed by atoms with E-state index in [1.807, 2.05) is 24.3 Å². The lowest BCUT2D eigenvalue weighted by atomic mass is 10.1. The van der Waals surface area contributed by atoms with Gasteiger partial charge in [0, 0.05) is 5.39 Å². The molecule has 2 aromatic carbocycles. The Hall–Kier alpha value is -4.05. The van der Waals surface area contributed by atoms with Crippen LogP contribution in [0.5, 0.6) is 0 Å². The van der Waals surface area contributed by atoms with Crippen molar-refractivity contribution in [3.05, 3.63) is 76.5 Å². The van der Waals surface area contributed by atoms with Crippen molar-refractivity contribution in [2.75, 3.05) is 0 Å². The van der Waals surface area contributed by atoms with Crippen LogP contribution in [0.15, 0.2) is 59.5 Å². The summed E-state index contributed by atoms with van der Waals surface area (Å²) >= 11 is 0. The zero-order valence-electron chi connectivity index (χ0n) is 14.8. The SMILES string of the molecule is C#CCn1nc(CNC(=O)c2cnc3ccccc3n2)c2ccccc2c1=O. The third-order valence-electron chi connectivity index (χ3n) is 4.28. The predicted molar refractivity (Wildman–Crippen MR) is 106 cm³/mol. The van der Waals surface area contributed by atoms with Crippen LogP contribution in [-0.4, -0.2) is 25.7 Å². The van der Waals surface area contributed by atoms with E-state index in [-0.39, 0.29) is 30.2 Å². The molecule has 0 aliphatic rings. The summed E-state index contributed by atoms with van der Waals surface area (Å²) in [6.07, 6.45) is 6.77. The molecule has 0 aliphatic heterocycles. The second-order valence-electron chi connectivity index (χ2n) is 6.09. The number of rotatable bonds is 4. The van der Waals surface area contributed by atoms with Crippen molar-refractivity contribution in [1.29, 1.82) is 0 Å². The molecule has 2 aromatic heterocycles. The number of aromatic nitrogens is 4. The Morgan fingerprint density at radius 1 is 1.07 bits per heavy atom. The molecule has 0 aliphatic carbocycles. The Morgan fingerprint density at radius 3 is 2.57 bits per heavy atom. The summed E-state index contributed by atoms with van der Waals surface area (Å²) < 4.78 is 1.22. The predicted octanol–water partition coefficient (Wildman–Crippen LogP) is 1.90. The summed E-state index contributed by atoms with van der Waals surface area (Å²) in [5.74, 6) is 2.04. The summed E-state index contributed by atoms with van der Waals surface area (Å²) in [4.78, 5) is 33.6. The minimum Gasteiger partial charge on any atom is -0.345 e. The quantitative estimate of drug-likeness (QED) is 0.555. The summed E-state index contributed by atoms with van der Waals surface area (Å²) in [7, 11) is 0. The topological polar surface area (TPSA) is 89.8 Å². The van der Waals surface area contributed by atoms with E-state index in [1.165, 1.54) is 10.9 Å². The van der Waals surface area contributed by atoms with E-state index < -0.39 is 0 Å². The third-order valence-corrected chi connectivity index (χ3v) is 4.28. The largest absolute Gasteiger partial charge is 0.345 e. The van der Waals surface area contributed by atoms with Gasteiger partial charge in [0.15, 0.2) is 0 Å². The zero-order chi connectivity index (χ0) is 19.5. The van der Waals surface area contributed by atoms with Gasteiger partial charge in [-0.1, -0.05) is 36.3 Å². The number of para-hydroxylation sites is 2. The first-order valence-corrected chi connectivity index (χ1v) is 8.59. The average molecular weight is 369 g/mol. The van der Waals surface area contributed by atoms with Gasteiger partial charge in [-0.05, 0) is 18.2 Å². The first-order valence-electron chi connectivity index (χ1n) is 8.59. The van der Waals surface area contributed by atoms with Gasteiger partial charge >= 0.3 is 0 Å². The van der Waals surface area contributed by atoms with Gasteiger partial charge in [0.25, 0.3) is 11.5 Å². The fraction of sp³-hybridized carbons (Fsp3) is 0.0952. The molecule has 0 saturated carbocycles. The van der Waals surface area contributed by atoms with Crippen molar-refractivity contribution in [3.8, 4) is 12.3 Å². The molecular weight excluding hydrogens is 354 g/mol. The summed E-state index contributed by atoms with van der Waals surface area (Å²) in [6.45, 7) is 0.180. The van der Waals surface area contributed by atoms with Crippen molar-refractivity contribution in [1.82, 2.24) is 25.1 Å². The van der Waals surface area contributed by atoms with Gasteiger partial charge in [-0.3, -0.25) is 14.6 Å². The molecule has 4 rings (SSSR count). The second kappa shape index (κ2) is 7.29. The third kappa shape index (κ3) is 3.19. The van der Waals surface area contributed by atoms with Crippen LogP contribution in [0.1, 0.15) is 16.2 Å². The summed E-state index contributed by atoms with van der Waals surface area (Å²) in [5, 5.41) is 8.28. The molecule has 0 fully saturated rings. The monoisotopic (exact) mass is 369 g/mol. The van der Waals surface area contributed by atoms with Gasteiger partial charge in [0.2, 0.25) is 0 Å². The van der Waals surface area contributed by atoms with E-state index in [9.17, 15) is 9.59 Å². The average Bonchev–Trinajstić information content (AvgIpc) is 2.74. The van der Waals surface area contributed by atoms with Gasteiger partial charge in [-0.2, -0.15) is 5.10 Å². The van der Waals surface area contributed by atoms with E-state index in [2.05, 4.69) is 26.3 Å². The van der Waals surface area contributed by atoms with E-state index in [4.69, 9.17) is 6.42 Å². The highest BCUT2D eigenvalue weighted by Gasteiger charge is 2.13. The smallest absolute Gasteiger partial charge is 0.275 e. The van der Waals surface area contributed by atoms with Crippen LogP contribution in [0.25, 0.3) is 21.8 Å². The lowest BCUT2D eigenvalue weighted by Gasteiger charge is -2.10. The van der Waals surface area contributed by atoms with Crippen molar-refractivity contribution in [2.24, 2.45) is 0 Å². The highest BCUT2D eigenvalue weighted by atomic mass is 16.2. The number of amides is 1. The maximum Gasteiger partial charge on any atom is 0.275 e. The van der Waals surface area contributed by atoms with E-state index in [1.54, 1.807) is 24.3 Å². The van der Waals surface area contributed by atoms with Gasteiger partial charge in [0.1, 0.15) is 12.2 Å². The fourth-order valence-electron chi connectivity index (χ4n) is 2.95. The maximum atomic E-state index is 12.5. The molecule has 0 atom stereocenters. The van der Waals surface area contributed by atoms with Gasteiger partial charge in [0.05, 0.1) is 34.9 Å². The number of hydrogen-bond acceptors (Lipinski definition) is 5. The van der Waals surface area contributed by atoms with Crippen LogP contribution in [0, 0.1) is 12.3 Å².